The van der Waals surface area contributed by atoms with Gasteiger partial charge in [-0.05, 0) is 14.0 Å². The maximum absolute atomic E-state index is 12.6. The van der Waals surface area contributed by atoms with Gasteiger partial charge in [-0.2, -0.15) is 17.0 Å². The molecule has 0 bridgehead atoms. The molecular formula is C12H25N5O3S. The van der Waals surface area contributed by atoms with Gasteiger partial charge in [0, 0.05) is 52.4 Å². The van der Waals surface area contributed by atoms with Crippen LogP contribution in [-0.2, 0) is 15.0 Å². The van der Waals surface area contributed by atoms with Crippen molar-refractivity contribution in [3.05, 3.63) is 0 Å². The molecule has 2 saturated heterocycles. The minimum Gasteiger partial charge on any atom is -0.339 e. The second kappa shape index (κ2) is 6.57. The first-order valence-corrected chi connectivity index (χ1v) is 8.70. The highest BCUT2D eigenvalue weighted by molar-refractivity contribution is 7.86. The van der Waals surface area contributed by atoms with Crippen molar-refractivity contribution in [2.24, 2.45) is 5.73 Å². The standard InChI is InChI=1S/C12H25N5O3S/c1-11(13)12(18)15-5-9-17(10-6-15)21(19,20)16-7-3-14(2)4-8-16/h11H,3-10,13H2,1-2H3. The predicted molar refractivity (Wildman–Crippen MR) is 79.8 cm³/mol. The van der Waals surface area contributed by atoms with E-state index in [0.717, 1.165) is 13.1 Å². The number of hydrogen-bond donors (Lipinski definition) is 1. The summed E-state index contributed by atoms with van der Waals surface area (Å²) < 4.78 is 28.1. The Morgan fingerprint density at radius 1 is 0.952 bits per heavy atom. The SMILES string of the molecule is CC(N)C(=O)N1CCN(S(=O)(=O)N2CCN(C)CC2)CC1. The van der Waals surface area contributed by atoms with Crippen molar-refractivity contribution in [1.29, 1.82) is 0 Å². The molecule has 1 unspecified atom stereocenters. The van der Waals surface area contributed by atoms with Crippen LogP contribution in [0.5, 0.6) is 0 Å². The molecule has 0 aromatic heterocycles. The van der Waals surface area contributed by atoms with Gasteiger partial charge in [0.15, 0.2) is 0 Å². The minimum atomic E-state index is -3.41. The Morgan fingerprint density at radius 3 is 1.81 bits per heavy atom. The van der Waals surface area contributed by atoms with Crippen molar-refractivity contribution in [3.8, 4) is 0 Å². The molecule has 8 nitrogen and oxygen atoms in total. The predicted octanol–water partition coefficient (Wildman–Crippen LogP) is -2.03. The second-order valence-electron chi connectivity index (χ2n) is 5.72. The molecule has 2 N–H and O–H groups in total. The third kappa shape index (κ3) is 3.72. The highest BCUT2D eigenvalue weighted by atomic mass is 32.2. The highest BCUT2D eigenvalue weighted by Crippen LogP contribution is 2.14. The van der Waals surface area contributed by atoms with E-state index in [1.54, 1.807) is 11.8 Å². The first kappa shape index (κ1) is 16.6. The third-order valence-electron chi connectivity index (χ3n) is 4.05. The fraction of sp³-hybridized carbons (Fsp3) is 0.917. The fourth-order valence-corrected chi connectivity index (χ4v) is 4.19. The summed E-state index contributed by atoms with van der Waals surface area (Å²) in [5.41, 5.74) is 5.58. The van der Waals surface area contributed by atoms with Crippen LogP contribution in [0.4, 0.5) is 0 Å². The first-order chi connectivity index (χ1) is 9.82. The van der Waals surface area contributed by atoms with Crippen molar-refractivity contribution in [2.75, 3.05) is 59.4 Å². The smallest absolute Gasteiger partial charge is 0.282 e. The van der Waals surface area contributed by atoms with Crippen LogP contribution in [0.2, 0.25) is 0 Å². The third-order valence-corrected chi connectivity index (χ3v) is 6.09. The van der Waals surface area contributed by atoms with Crippen LogP contribution in [0.3, 0.4) is 0 Å². The molecule has 0 saturated carbocycles. The van der Waals surface area contributed by atoms with Gasteiger partial charge in [-0.25, -0.2) is 0 Å². The highest BCUT2D eigenvalue weighted by Gasteiger charge is 2.34. The lowest BCUT2D eigenvalue weighted by Gasteiger charge is -2.39. The summed E-state index contributed by atoms with van der Waals surface area (Å²) in [6.45, 7) is 5.71. The first-order valence-electron chi connectivity index (χ1n) is 7.30. The second-order valence-corrected chi connectivity index (χ2v) is 7.65. The lowest BCUT2D eigenvalue weighted by molar-refractivity contribution is -0.133. The Kier molecular flexibility index (Phi) is 5.20. The monoisotopic (exact) mass is 319 g/mol. The molecule has 0 aliphatic carbocycles. The summed E-state index contributed by atoms with van der Waals surface area (Å²) >= 11 is 0. The average molecular weight is 319 g/mol. The molecule has 9 heteroatoms. The molecule has 2 rings (SSSR count). The van der Waals surface area contributed by atoms with Gasteiger partial charge in [0.2, 0.25) is 5.91 Å². The van der Waals surface area contributed by atoms with Gasteiger partial charge in [-0.15, -0.1) is 0 Å². The van der Waals surface area contributed by atoms with E-state index in [2.05, 4.69) is 4.90 Å². The molecule has 0 radical (unpaired) electrons. The van der Waals surface area contributed by atoms with Gasteiger partial charge in [-0.3, -0.25) is 4.79 Å². The molecular weight excluding hydrogens is 294 g/mol. The van der Waals surface area contributed by atoms with Crippen LogP contribution in [-0.4, -0.2) is 98.2 Å². The zero-order valence-electron chi connectivity index (χ0n) is 12.7. The van der Waals surface area contributed by atoms with E-state index < -0.39 is 16.3 Å². The molecule has 1 atom stereocenters. The number of carbonyl (C=O) groups excluding carboxylic acids is 1. The summed E-state index contributed by atoms with van der Waals surface area (Å²) in [5.74, 6) is -0.119. The molecule has 0 spiro atoms. The molecule has 0 aromatic rings. The van der Waals surface area contributed by atoms with Crippen LogP contribution >= 0.6 is 0 Å². The normalized spacial score (nSPS) is 25.0. The van der Waals surface area contributed by atoms with Crippen molar-refractivity contribution >= 4 is 16.1 Å². The molecule has 2 aliphatic heterocycles. The maximum atomic E-state index is 12.6. The van der Waals surface area contributed by atoms with Gasteiger partial charge in [0.05, 0.1) is 6.04 Å². The summed E-state index contributed by atoms with van der Waals surface area (Å²) in [5, 5.41) is 0. The van der Waals surface area contributed by atoms with E-state index in [1.807, 2.05) is 7.05 Å². The van der Waals surface area contributed by atoms with E-state index >= 15 is 0 Å². The van der Waals surface area contributed by atoms with Crippen LogP contribution in [0.25, 0.3) is 0 Å². The molecule has 0 aromatic carbocycles. The molecule has 2 aliphatic rings. The van der Waals surface area contributed by atoms with E-state index in [-0.39, 0.29) is 5.91 Å². The number of rotatable bonds is 3. The molecule has 1 amide bonds. The number of likely N-dealkylation sites (N-methyl/N-ethyl adjacent to an activating group) is 1. The quantitative estimate of drug-likeness (QED) is 0.648. The minimum absolute atomic E-state index is 0.119. The molecule has 2 heterocycles. The summed E-state index contributed by atoms with van der Waals surface area (Å²) in [4.78, 5) is 15.6. The van der Waals surface area contributed by atoms with Gasteiger partial charge < -0.3 is 15.5 Å². The van der Waals surface area contributed by atoms with Gasteiger partial charge in [0.25, 0.3) is 10.2 Å². The van der Waals surface area contributed by atoms with Crippen molar-refractivity contribution in [2.45, 2.75) is 13.0 Å². The zero-order chi connectivity index (χ0) is 15.6. The summed E-state index contributed by atoms with van der Waals surface area (Å²) in [6.07, 6.45) is 0. The summed E-state index contributed by atoms with van der Waals surface area (Å²) in [6, 6.07) is -0.536. The van der Waals surface area contributed by atoms with Crippen LogP contribution in [0, 0.1) is 0 Å². The number of amides is 1. The number of hydrogen-bond acceptors (Lipinski definition) is 5. The fourth-order valence-electron chi connectivity index (χ4n) is 2.61. The van der Waals surface area contributed by atoms with Gasteiger partial charge in [0.1, 0.15) is 0 Å². The number of nitrogens with zero attached hydrogens (tertiary/aromatic N) is 4. The molecule has 2 fully saturated rings. The van der Waals surface area contributed by atoms with Crippen LogP contribution < -0.4 is 5.73 Å². The van der Waals surface area contributed by atoms with E-state index in [4.69, 9.17) is 5.73 Å². The van der Waals surface area contributed by atoms with Crippen molar-refractivity contribution in [1.82, 2.24) is 18.4 Å². The van der Waals surface area contributed by atoms with Crippen molar-refractivity contribution < 1.29 is 13.2 Å². The van der Waals surface area contributed by atoms with Crippen molar-refractivity contribution in [3.63, 3.8) is 0 Å². The summed E-state index contributed by atoms with van der Waals surface area (Å²) in [7, 11) is -1.42. The van der Waals surface area contributed by atoms with Crippen LogP contribution in [0.15, 0.2) is 0 Å². The van der Waals surface area contributed by atoms with E-state index in [1.165, 1.54) is 8.61 Å². The Hall–Kier alpha value is -0.740. The lowest BCUT2D eigenvalue weighted by Crippen LogP contribution is -2.58. The Balaban J connectivity index is 1.93. The maximum Gasteiger partial charge on any atom is 0.282 e. The van der Waals surface area contributed by atoms with E-state index in [0.29, 0.717) is 39.3 Å². The average Bonchev–Trinajstić information content (AvgIpc) is 2.47. The Bertz CT molecular complexity index is 465. The van der Waals surface area contributed by atoms with Crippen LogP contribution in [0.1, 0.15) is 6.92 Å². The van der Waals surface area contributed by atoms with Gasteiger partial charge in [-0.1, -0.05) is 0 Å². The Labute approximate surface area is 126 Å². The molecule has 122 valence electrons. The Morgan fingerprint density at radius 2 is 1.38 bits per heavy atom. The number of nitrogens with two attached hydrogens (primary N) is 1. The van der Waals surface area contributed by atoms with E-state index in [9.17, 15) is 13.2 Å². The van der Waals surface area contributed by atoms with Gasteiger partial charge >= 0.3 is 0 Å². The zero-order valence-corrected chi connectivity index (χ0v) is 13.5. The number of carbonyl (C=O) groups is 1. The largest absolute Gasteiger partial charge is 0.339 e. The lowest BCUT2D eigenvalue weighted by atomic mass is 10.2. The number of piperazine rings is 2. The molecule has 21 heavy (non-hydrogen) atoms. The topological polar surface area (TPSA) is 90.2 Å².